The molecule has 0 N–H and O–H groups in total. The predicted molar refractivity (Wildman–Crippen MR) is 67.6 cm³/mol. The van der Waals surface area contributed by atoms with Crippen LogP contribution in [0.1, 0.15) is 12.8 Å². The van der Waals surface area contributed by atoms with E-state index < -0.39 is 0 Å². The van der Waals surface area contributed by atoms with E-state index in [1.807, 2.05) is 18.2 Å². The lowest BCUT2D eigenvalue weighted by Gasteiger charge is -2.26. The molecule has 1 aromatic heterocycles. The number of nitrogens with zero attached hydrogens (tertiary/aromatic N) is 3. The summed E-state index contributed by atoms with van der Waals surface area (Å²) in [6, 6.07) is 1.89. The van der Waals surface area contributed by atoms with E-state index in [2.05, 4.69) is 27.0 Å². The lowest BCUT2D eigenvalue weighted by molar-refractivity contribution is 0.734. The van der Waals surface area contributed by atoms with Gasteiger partial charge in [-0.3, -0.25) is 0 Å². The van der Waals surface area contributed by atoms with Gasteiger partial charge in [0.05, 0.1) is 11.6 Å². The van der Waals surface area contributed by atoms with Gasteiger partial charge in [0, 0.05) is 25.2 Å². The van der Waals surface area contributed by atoms with Crippen LogP contribution in [-0.4, -0.2) is 16.5 Å². The first kappa shape index (κ1) is 10.5. The highest BCUT2D eigenvalue weighted by Crippen LogP contribution is 2.30. The fraction of sp³-hybridized carbons (Fsp3) is 0.231. The Labute approximate surface area is 105 Å². The van der Waals surface area contributed by atoms with Crippen molar-refractivity contribution in [3.63, 3.8) is 0 Å². The van der Waals surface area contributed by atoms with E-state index in [9.17, 15) is 0 Å². The van der Waals surface area contributed by atoms with Crippen LogP contribution in [0.25, 0.3) is 0 Å². The molecule has 17 heavy (non-hydrogen) atoms. The van der Waals surface area contributed by atoms with Crippen LogP contribution in [-0.2, 0) is 0 Å². The van der Waals surface area contributed by atoms with Gasteiger partial charge >= 0.3 is 0 Å². The summed E-state index contributed by atoms with van der Waals surface area (Å²) < 4.78 is 0. The Morgan fingerprint density at radius 1 is 1.41 bits per heavy atom. The van der Waals surface area contributed by atoms with E-state index in [4.69, 9.17) is 11.6 Å². The molecule has 2 heterocycles. The molecule has 1 aromatic rings. The van der Waals surface area contributed by atoms with Crippen molar-refractivity contribution in [3.05, 3.63) is 53.1 Å². The Bertz CT molecular complexity index is 531. The molecule has 3 rings (SSSR count). The Balaban J connectivity index is 2.03. The number of aromatic nitrogens is 2. The minimum absolute atomic E-state index is 0.289. The summed E-state index contributed by atoms with van der Waals surface area (Å²) in [4.78, 5) is 10.4. The summed E-state index contributed by atoms with van der Waals surface area (Å²) in [5.74, 6) is 0.858. The molecule has 2 aliphatic rings. The van der Waals surface area contributed by atoms with E-state index in [-0.39, 0.29) is 5.28 Å². The van der Waals surface area contributed by atoms with Gasteiger partial charge in [0.15, 0.2) is 5.70 Å². The molecule has 84 valence electrons. The quantitative estimate of drug-likeness (QED) is 0.562. The summed E-state index contributed by atoms with van der Waals surface area (Å²) in [5, 5.41) is 0.289. The van der Waals surface area contributed by atoms with Gasteiger partial charge in [-0.25, -0.2) is 9.97 Å². The van der Waals surface area contributed by atoms with Crippen molar-refractivity contribution in [2.45, 2.75) is 12.8 Å². The van der Waals surface area contributed by atoms with Crippen LogP contribution in [0.15, 0.2) is 41.8 Å². The third-order valence-electron chi connectivity index (χ3n) is 2.93. The standard InChI is InChI=1S/C13H11ClN3/c14-13-15-8-7-12(16-13)17-9-3-5-10-4-1-2-6-11(10)17/h2,4,6-8H,3,5,9H2/q+1. The highest BCUT2D eigenvalue weighted by Gasteiger charge is 2.26. The van der Waals surface area contributed by atoms with Crippen molar-refractivity contribution >= 4 is 17.4 Å². The highest BCUT2D eigenvalue weighted by molar-refractivity contribution is 6.28. The smallest absolute Gasteiger partial charge is 0.224 e. The molecule has 0 saturated heterocycles. The molecule has 0 fully saturated rings. The highest BCUT2D eigenvalue weighted by atomic mass is 35.5. The van der Waals surface area contributed by atoms with Gasteiger partial charge in [-0.1, -0.05) is 0 Å². The SMILES string of the molecule is Clc1nccc(N2CCCC3=C2C=C[C+]=C3)n1. The summed E-state index contributed by atoms with van der Waals surface area (Å²) in [6.45, 7) is 0.963. The maximum absolute atomic E-state index is 5.84. The monoisotopic (exact) mass is 244 g/mol. The van der Waals surface area contributed by atoms with Crippen LogP contribution >= 0.6 is 11.6 Å². The van der Waals surface area contributed by atoms with Crippen molar-refractivity contribution in [2.75, 3.05) is 11.4 Å². The van der Waals surface area contributed by atoms with Crippen LogP contribution in [0.4, 0.5) is 5.82 Å². The minimum Gasteiger partial charge on any atom is -0.304 e. The van der Waals surface area contributed by atoms with Gasteiger partial charge in [-0.2, -0.15) is 0 Å². The van der Waals surface area contributed by atoms with Crippen molar-refractivity contribution < 1.29 is 0 Å². The van der Waals surface area contributed by atoms with Gasteiger partial charge in [-0.05, 0) is 24.1 Å². The molecular formula is C13H11ClN3+. The predicted octanol–water partition coefficient (Wildman–Crippen LogP) is 2.91. The zero-order valence-electron chi connectivity index (χ0n) is 9.23. The Morgan fingerprint density at radius 2 is 2.35 bits per heavy atom. The molecule has 0 spiro atoms. The van der Waals surface area contributed by atoms with E-state index in [0.29, 0.717) is 0 Å². The lowest BCUT2D eigenvalue weighted by Crippen LogP contribution is -2.29. The molecule has 0 radical (unpaired) electrons. The van der Waals surface area contributed by atoms with E-state index in [0.717, 1.165) is 25.2 Å². The minimum atomic E-state index is 0.289. The van der Waals surface area contributed by atoms with Crippen LogP contribution in [0.5, 0.6) is 0 Å². The molecule has 4 heteroatoms. The van der Waals surface area contributed by atoms with Crippen molar-refractivity contribution in [2.24, 2.45) is 0 Å². The number of allylic oxidation sites excluding steroid dienone is 5. The fourth-order valence-corrected chi connectivity index (χ4v) is 2.33. The number of rotatable bonds is 1. The number of halogens is 1. The van der Waals surface area contributed by atoms with Gasteiger partial charge in [0.25, 0.3) is 0 Å². The molecular weight excluding hydrogens is 234 g/mol. The van der Waals surface area contributed by atoms with E-state index >= 15 is 0 Å². The van der Waals surface area contributed by atoms with Gasteiger partial charge < -0.3 is 4.90 Å². The molecule has 0 aromatic carbocycles. The average Bonchev–Trinajstić information content (AvgIpc) is 2.38. The number of anilines is 1. The molecule has 0 unspecified atom stereocenters. The average molecular weight is 245 g/mol. The zero-order valence-corrected chi connectivity index (χ0v) is 9.98. The van der Waals surface area contributed by atoms with Gasteiger partial charge in [0.1, 0.15) is 18.0 Å². The maximum Gasteiger partial charge on any atom is 0.224 e. The molecule has 3 nitrogen and oxygen atoms in total. The summed E-state index contributed by atoms with van der Waals surface area (Å²) >= 11 is 5.84. The zero-order chi connectivity index (χ0) is 11.7. The molecule has 1 aliphatic carbocycles. The van der Waals surface area contributed by atoms with E-state index in [1.54, 1.807) is 6.20 Å². The Morgan fingerprint density at radius 3 is 3.24 bits per heavy atom. The first-order valence-corrected chi connectivity index (χ1v) is 5.97. The third-order valence-corrected chi connectivity index (χ3v) is 3.11. The Hall–Kier alpha value is -1.70. The first-order chi connectivity index (χ1) is 8.34. The molecule has 0 atom stereocenters. The van der Waals surface area contributed by atoms with Crippen LogP contribution in [0.2, 0.25) is 5.28 Å². The summed E-state index contributed by atoms with van der Waals surface area (Å²) in [6.07, 6.45) is 13.1. The molecule has 0 amide bonds. The maximum atomic E-state index is 5.84. The second-order valence-electron chi connectivity index (χ2n) is 3.99. The fourth-order valence-electron chi connectivity index (χ4n) is 2.18. The summed E-state index contributed by atoms with van der Waals surface area (Å²) in [5.41, 5.74) is 2.51. The van der Waals surface area contributed by atoms with Crippen molar-refractivity contribution in [3.8, 4) is 0 Å². The second-order valence-corrected chi connectivity index (χ2v) is 4.33. The van der Waals surface area contributed by atoms with Gasteiger partial charge in [-0.15, -0.1) is 0 Å². The Kier molecular flexibility index (Phi) is 2.63. The first-order valence-electron chi connectivity index (χ1n) is 5.60. The van der Waals surface area contributed by atoms with Crippen LogP contribution in [0, 0.1) is 6.08 Å². The van der Waals surface area contributed by atoms with Gasteiger partial charge in [0.2, 0.25) is 5.28 Å². The lowest BCUT2D eigenvalue weighted by atomic mass is 9.98. The molecule has 0 bridgehead atoms. The third kappa shape index (κ3) is 1.95. The molecule has 1 aliphatic heterocycles. The second kappa shape index (κ2) is 4.28. The number of hydrogen-bond acceptors (Lipinski definition) is 3. The van der Waals surface area contributed by atoms with Crippen LogP contribution < -0.4 is 4.90 Å². The van der Waals surface area contributed by atoms with Crippen molar-refractivity contribution in [1.29, 1.82) is 0 Å². The molecule has 0 saturated carbocycles. The topological polar surface area (TPSA) is 29.0 Å². The normalized spacial score (nSPS) is 18.1. The number of hydrogen-bond donors (Lipinski definition) is 0. The largest absolute Gasteiger partial charge is 0.304 e. The van der Waals surface area contributed by atoms with Crippen LogP contribution in [0.3, 0.4) is 0 Å². The van der Waals surface area contributed by atoms with Crippen molar-refractivity contribution in [1.82, 2.24) is 9.97 Å². The van der Waals surface area contributed by atoms with E-state index in [1.165, 1.54) is 11.3 Å². The summed E-state index contributed by atoms with van der Waals surface area (Å²) in [7, 11) is 0.